The number of ether oxygens (including phenoxy) is 1. The van der Waals surface area contributed by atoms with Crippen LogP contribution in [0.1, 0.15) is 30.2 Å². The van der Waals surface area contributed by atoms with Gasteiger partial charge in [-0.2, -0.15) is 4.39 Å². The molecule has 2 aromatic carbocycles. The Kier molecular flexibility index (Phi) is 7.14. The van der Waals surface area contributed by atoms with Gasteiger partial charge in [-0.1, -0.05) is 60.7 Å². The SMILES string of the molecule is O=C(Cn1c(=O)c(F)cn([C@H]2CCCO2)c1=O)N(CCc1ccccc1)Cc1ccccc1. The molecule has 1 atom stereocenters. The number of carbonyl (C=O) groups is 1. The summed E-state index contributed by atoms with van der Waals surface area (Å²) < 4.78 is 21.6. The van der Waals surface area contributed by atoms with Crippen LogP contribution in [0.3, 0.4) is 0 Å². The van der Waals surface area contributed by atoms with Gasteiger partial charge in [0.25, 0.3) is 5.56 Å². The maximum Gasteiger partial charge on any atom is 0.333 e. The molecule has 4 rings (SSSR count). The zero-order valence-corrected chi connectivity index (χ0v) is 18.2. The lowest BCUT2D eigenvalue weighted by atomic mass is 10.1. The highest BCUT2D eigenvalue weighted by Gasteiger charge is 2.24. The molecular formula is C25H26FN3O4. The van der Waals surface area contributed by atoms with Crippen LogP contribution in [0.15, 0.2) is 76.4 Å². The molecule has 8 heteroatoms. The van der Waals surface area contributed by atoms with E-state index in [1.165, 1.54) is 0 Å². The molecule has 1 aliphatic rings. The molecular weight excluding hydrogens is 425 g/mol. The third kappa shape index (κ3) is 5.46. The normalized spacial score (nSPS) is 15.5. The van der Waals surface area contributed by atoms with E-state index in [9.17, 15) is 18.8 Å². The molecule has 33 heavy (non-hydrogen) atoms. The highest BCUT2D eigenvalue weighted by Crippen LogP contribution is 2.20. The molecule has 2 heterocycles. The van der Waals surface area contributed by atoms with Gasteiger partial charge in [-0.25, -0.2) is 9.36 Å². The van der Waals surface area contributed by atoms with Gasteiger partial charge in [-0.15, -0.1) is 0 Å². The Labute approximate surface area is 190 Å². The Bertz CT molecular complexity index is 1200. The van der Waals surface area contributed by atoms with Gasteiger partial charge in [0, 0.05) is 19.7 Å². The summed E-state index contributed by atoms with van der Waals surface area (Å²) in [4.78, 5) is 40.2. The number of carbonyl (C=O) groups excluding carboxylic acids is 1. The standard InChI is InChI=1S/C25H26FN3O4/c26-21-17-28(23-12-7-15-33-23)25(32)29(24(21)31)18-22(30)27(16-20-10-5-2-6-11-20)14-13-19-8-3-1-4-9-19/h1-6,8-11,17,23H,7,12-16,18H2/t23-/m1/s1. The summed E-state index contributed by atoms with van der Waals surface area (Å²) in [6, 6.07) is 19.2. The van der Waals surface area contributed by atoms with Crippen LogP contribution in [0.25, 0.3) is 0 Å². The van der Waals surface area contributed by atoms with Crippen LogP contribution >= 0.6 is 0 Å². The summed E-state index contributed by atoms with van der Waals surface area (Å²) in [7, 11) is 0. The first kappa shape index (κ1) is 22.7. The lowest BCUT2D eigenvalue weighted by molar-refractivity contribution is -0.132. The van der Waals surface area contributed by atoms with E-state index in [-0.39, 0.29) is 0 Å². The summed E-state index contributed by atoms with van der Waals surface area (Å²) >= 11 is 0. The van der Waals surface area contributed by atoms with Crippen LogP contribution in [0.4, 0.5) is 4.39 Å². The Morgan fingerprint density at radius 1 is 1.03 bits per heavy atom. The van der Waals surface area contributed by atoms with E-state index in [0.717, 1.165) is 28.3 Å². The first-order chi connectivity index (χ1) is 16.0. The molecule has 3 aromatic rings. The fourth-order valence-electron chi connectivity index (χ4n) is 3.95. The van der Waals surface area contributed by atoms with E-state index < -0.39 is 35.7 Å². The molecule has 0 bridgehead atoms. The number of hydrogen-bond donors (Lipinski definition) is 0. The number of benzene rings is 2. The van der Waals surface area contributed by atoms with Crippen molar-refractivity contribution in [1.82, 2.24) is 14.0 Å². The molecule has 0 N–H and O–H groups in total. The maximum atomic E-state index is 14.4. The molecule has 0 aliphatic carbocycles. The van der Waals surface area contributed by atoms with E-state index in [4.69, 9.17) is 4.74 Å². The second-order valence-corrected chi connectivity index (χ2v) is 8.06. The molecule has 0 unspecified atom stereocenters. The van der Waals surface area contributed by atoms with Crippen molar-refractivity contribution in [2.75, 3.05) is 13.2 Å². The van der Waals surface area contributed by atoms with Gasteiger partial charge in [-0.05, 0) is 30.4 Å². The zero-order valence-electron chi connectivity index (χ0n) is 18.2. The topological polar surface area (TPSA) is 73.5 Å². The van der Waals surface area contributed by atoms with Crippen molar-refractivity contribution < 1.29 is 13.9 Å². The van der Waals surface area contributed by atoms with Gasteiger partial charge >= 0.3 is 5.69 Å². The molecule has 0 radical (unpaired) electrons. The Morgan fingerprint density at radius 2 is 1.70 bits per heavy atom. The third-order valence-electron chi connectivity index (χ3n) is 5.75. The van der Waals surface area contributed by atoms with E-state index in [1.54, 1.807) is 4.90 Å². The fourth-order valence-corrected chi connectivity index (χ4v) is 3.95. The molecule has 1 aliphatic heterocycles. The van der Waals surface area contributed by atoms with Crippen molar-refractivity contribution >= 4 is 5.91 Å². The molecule has 1 amide bonds. The van der Waals surface area contributed by atoms with Crippen LogP contribution in [0, 0.1) is 5.82 Å². The summed E-state index contributed by atoms with van der Waals surface area (Å²) in [5, 5.41) is 0. The molecule has 1 fully saturated rings. The summed E-state index contributed by atoms with van der Waals surface area (Å²) in [6.45, 7) is 0.628. The highest BCUT2D eigenvalue weighted by atomic mass is 19.1. The van der Waals surface area contributed by atoms with Crippen molar-refractivity contribution in [2.24, 2.45) is 0 Å². The lowest BCUT2D eigenvalue weighted by Gasteiger charge is -2.24. The van der Waals surface area contributed by atoms with Crippen molar-refractivity contribution in [1.29, 1.82) is 0 Å². The van der Waals surface area contributed by atoms with E-state index in [0.29, 0.717) is 37.1 Å². The predicted octanol–water partition coefficient (Wildman–Crippen LogP) is 2.73. The van der Waals surface area contributed by atoms with E-state index in [2.05, 4.69) is 0 Å². The molecule has 1 aromatic heterocycles. The van der Waals surface area contributed by atoms with Gasteiger partial charge in [-0.3, -0.25) is 14.2 Å². The van der Waals surface area contributed by atoms with Gasteiger partial charge in [0.05, 0.1) is 6.20 Å². The minimum Gasteiger partial charge on any atom is -0.358 e. The zero-order chi connectivity index (χ0) is 23.2. The van der Waals surface area contributed by atoms with Gasteiger partial charge in [0.15, 0.2) is 0 Å². The van der Waals surface area contributed by atoms with Gasteiger partial charge < -0.3 is 9.64 Å². The van der Waals surface area contributed by atoms with Crippen LogP contribution in [0.2, 0.25) is 0 Å². The number of nitrogens with zero attached hydrogens (tertiary/aromatic N) is 3. The first-order valence-corrected chi connectivity index (χ1v) is 11.0. The second kappa shape index (κ2) is 10.4. The predicted molar refractivity (Wildman–Crippen MR) is 121 cm³/mol. The minimum atomic E-state index is -1.11. The number of rotatable bonds is 8. The number of amides is 1. The third-order valence-corrected chi connectivity index (χ3v) is 5.75. The van der Waals surface area contributed by atoms with Gasteiger partial charge in [0.2, 0.25) is 11.7 Å². The molecule has 0 saturated carbocycles. The Balaban J connectivity index is 1.59. The first-order valence-electron chi connectivity index (χ1n) is 11.0. The highest BCUT2D eigenvalue weighted by molar-refractivity contribution is 5.76. The molecule has 172 valence electrons. The van der Waals surface area contributed by atoms with Gasteiger partial charge in [0.1, 0.15) is 12.8 Å². The number of halogens is 1. The fraction of sp³-hybridized carbons (Fsp3) is 0.320. The van der Waals surface area contributed by atoms with Crippen molar-refractivity contribution in [3.05, 3.63) is 105 Å². The van der Waals surface area contributed by atoms with Crippen molar-refractivity contribution in [2.45, 2.75) is 38.6 Å². The summed E-state index contributed by atoms with van der Waals surface area (Å²) in [6.07, 6.45) is 2.13. The summed E-state index contributed by atoms with van der Waals surface area (Å²) in [5.74, 6) is -1.52. The average Bonchev–Trinajstić information content (AvgIpc) is 3.37. The average molecular weight is 451 g/mol. The Hall–Kier alpha value is -3.52. The molecule has 7 nitrogen and oxygen atoms in total. The monoisotopic (exact) mass is 451 g/mol. The summed E-state index contributed by atoms with van der Waals surface area (Å²) in [5.41, 5.74) is 0.129. The number of aromatic nitrogens is 2. The largest absolute Gasteiger partial charge is 0.358 e. The Morgan fingerprint density at radius 3 is 2.33 bits per heavy atom. The lowest BCUT2D eigenvalue weighted by Crippen LogP contribution is -2.46. The number of hydrogen-bond acceptors (Lipinski definition) is 4. The van der Waals surface area contributed by atoms with Crippen molar-refractivity contribution in [3.63, 3.8) is 0 Å². The van der Waals surface area contributed by atoms with E-state index >= 15 is 0 Å². The minimum absolute atomic E-state index is 0.316. The van der Waals surface area contributed by atoms with E-state index in [1.807, 2.05) is 60.7 Å². The quantitative estimate of drug-likeness (QED) is 0.528. The molecule has 0 spiro atoms. The van der Waals surface area contributed by atoms with Crippen LogP contribution < -0.4 is 11.2 Å². The van der Waals surface area contributed by atoms with Crippen LogP contribution in [0.5, 0.6) is 0 Å². The molecule has 1 saturated heterocycles. The van der Waals surface area contributed by atoms with Crippen LogP contribution in [-0.2, 0) is 29.0 Å². The van der Waals surface area contributed by atoms with Crippen LogP contribution in [-0.4, -0.2) is 33.1 Å². The maximum absolute atomic E-state index is 14.4. The second-order valence-electron chi connectivity index (χ2n) is 8.06. The smallest absolute Gasteiger partial charge is 0.333 e. The van der Waals surface area contributed by atoms with Crippen molar-refractivity contribution in [3.8, 4) is 0 Å².